The SMILES string of the molecule is CCCN(CC)Cc1cc(N)ccc1OC. The van der Waals surface area contributed by atoms with Crippen LogP contribution in [0.2, 0.25) is 0 Å². The molecule has 0 radical (unpaired) electrons. The van der Waals surface area contributed by atoms with Crippen molar-refractivity contribution in [1.29, 1.82) is 0 Å². The Labute approximate surface area is 98.2 Å². The number of anilines is 1. The van der Waals surface area contributed by atoms with E-state index in [1.165, 1.54) is 6.42 Å². The van der Waals surface area contributed by atoms with Crippen molar-refractivity contribution in [1.82, 2.24) is 4.90 Å². The predicted octanol–water partition coefficient (Wildman–Crippen LogP) is 2.51. The third kappa shape index (κ3) is 3.42. The molecule has 0 aliphatic rings. The van der Waals surface area contributed by atoms with Crippen molar-refractivity contribution in [3.63, 3.8) is 0 Å². The fourth-order valence-corrected chi connectivity index (χ4v) is 1.83. The largest absolute Gasteiger partial charge is 0.496 e. The van der Waals surface area contributed by atoms with Gasteiger partial charge in [0.25, 0.3) is 0 Å². The molecule has 1 aromatic carbocycles. The molecule has 0 fully saturated rings. The summed E-state index contributed by atoms with van der Waals surface area (Å²) in [6.07, 6.45) is 1.17. The van der Waals surface area contributed by atoms with Crippen molar-refractivity contribution >= 4 is 5.69 Å². The smallest absolute Gasteiger partial charge is 0.123 e. The number of nitrogens with zero attached hydrogens (tertiary/aromatic N) is 1. The number of nitrogens with two attached hydrogens (primary N) is 1. The Morgan fingerprint density at radius 3 is 2.62 bits per heavy atom. The molecule has 0 aliphatic carbocycles. The van der Waals surface area contributed by atoms with Crippen LogP contribution in [0.4, 0.5) is 5.69 Å². The normalized spacial score (nSPS) is 10.8. The van der Waals surface area contributed by atoms with Gasteiger partial charge < -0.3 is 10.5 Å². The lowest BCUT2D eigenvalue weighted by Gasteiger charge is -2.21. The van der Waals surface area contributed by atoms with Gasteiger partial charge in [0, 0.05) is 17.8 Å². The third-order valence-corrected chi connectivity index (χ3v) is 2.69. The van der Waals surface area contributed by atoms with Gasteiger partial charge >= 0.3 is 0 Å². The second-order valence-corrected chi connectivity index (χ2v) is 3.94. The average Bonchev–Trinajstić information content (AvgIpc) is 2.29. The van der Waals surface area contributed by atoms with E-state index in [4.69, 9.17) is 10.5 Å². The minimum Gasteiger partial charge on any atom is -0.496 e. The molecule has 0 amide bonds. The van der Waals surface area contributed by atoms with Crippen LogP contribution >= 0.6 is 0 Å². The van der Waals surface area contributed by atoms with Gasteiger partial charge in [-0.1, -0.05) is 13.8 Å². The Morgan fingerprint density at radius 1 is 1.31 bits per heavy atom. The lowest BCUT2D eigenvalue weighted by molar-refractivity contribution is 0.275. The highest BCUT2D eigenvalue weighted by molar-refractivity contribution is 5.47. The maximum atomic E-state index is 5.80. The van der Waals surface area contributed by atoms with Crippen LogP contribution in [0, 0.1) is 0 Å². The number of nitrogen functional groups attached to an aromatic ring is 1. The van der Waals surface area contributed by atoms with Crippen molar-refractivity contribution in [3.05, 3.63) is 23.8 Å². The molecule has 0 spiro atoms. The number of methoxy groups -OCH3 is 1. The van der Waals surface area contributed by atoms with E-state index in [1.54, 1.807) is 7.11 Å². The predicted molar refractivity (Wildman–Crippen MR) is 68.6 cm³/mol. The highest BCUT2D eigenvalue weighted by Gasteiger charge is 2.08. The molecule has 0 atom stereocenters. The molecule has 3 nitrogen and oxygen atoms in total. The zero-order chi connectivity index (χ0) is 12.0. The highest BCUT2D eigenvalue weighted by Crippen LogP contribution is 2.22. The summed E-state index contributed by atoms with van der Waals surface area (Å²) < 4.78 is 5.34. The van der Waals surface area contributed by atoms with Crippen LogP contribution in [0.3, 0.4) is 0 Å². The van der Waals surface area contributed by atoms with Crippen molar-refractivity contribution in [2.24, 2.45) is 0 Å². The summed E-state index contributed by atoms with van der Waals surface area (Å²) in [7, 11) is 1.70. The van der Waals surface area contributed by atoms with Gasteiger partial charge in [0.2, 0.25) is 0 Å². The number of hydrogen-bond acceptors (Lipinski definition) is 3. The summed E-state index contributed by atoms with van der Waals surface area (Å²) in [6.45, 7) is 7.42. The van der Waals surface area contributed by atoms with Gasteiger partial charge in [-0.3, -0.25) is 4.90 Å². The van der Waals surface area contributed by atoms with Crippen molar-refractivity contribution < 1.29 is 4.74 Å². The van der Waals surface area contributed by atoms with Gasteiger partial charge in [-0.25, -0.2) is 0 Å². The molecule has 16 heavy (non-hydrogen) atoms. The van der Waals surface area contributed by atoms with Crippen LogP contribution in [-0.2, 0) is 6.54 Å². The van der Waals surface area contributed by atoms with Crippen molar-refractivity contribution in [2.75, 3.05) is 25.9 Å². The minimum atomic E-state index is 0.795. The molecule has 0 unspecified atom stereocenters. The van der Waals surface area contributed by atoms with E-state index in [9.17, 15) is 0 Å². The Hall–Kier alpha value is -1.22. The molecular weight excluding hydrogens is 200 g/mol. The molecule has 0 bridgehead atoms. The lowest BCUT2D eigenvalue weighted by Crippen LogP contribution is -2.23. The van der Waals surface area contributed by atoms with Crippen LogP contribution in [0.1, 0.15) is 25.8 Å². The molecule has 3 heteroatoms. The first-order valence-corrected chi connectivity index (χ1v) is 5.86. The quantitative estimate of drug-likeness (QED) is 0.752. The molecule has 1 aromatic rings. The number of benzene rings is 1. The fraction of sp³-hybridized carbons (Fsp3) is 0.538. The molecule has 0 aromatic heterocycles. The van der Waals surface area contributed by atoms with Crippen LogP contribution < -0.4 is 10.5 Å². The first-order valence-electron chi connectivity index (χ1n) is 5.86. The van der Waals surface area contributed by atoms with E-state index in [0.29, 0.717) is 0 Å². The fourth-order valence-electron chi connectivity index (χ4n) is 1.83. The van der Waals surface area contributed by atoms with Crippen molar-refractivity contribution in [2.45, 2.75) is 26.8 Å². The van der Waals surface area contributed by atoms with E-state index in [0.717, 1.165) is 36.6 Å². The zero-order valence-corrected chi connectivity index (χ0v) is 10.5. The zero-order valence-electron chi connectivity index (χ0n) is 10.5. The van der Waals surface area contributed by atoms with Gasteiger partial charge in [0.1, 0.15) is 5.75 Å². The highest BCUT2D eigenvalue weighted by atomic mass is 16.5. The minimum absolute atomic E-state index is 0.795. The maximum Gasteiger partial charge on any atom is 0.123 e. The van der Waals surface area contributed by atoms with Crippen molar-refractivity contribution in [3.8, 4) is 5.75 Å². The summed E-state index contributed by atoms with van der Waals surface area (Å²) in [5.41, 5.74) is 7.76. The van der Waals surface area contributed by atoms with Gasteiger partial charge in [0.05, 0.1) is 7.11 Å². The van der Waals surface area contributed by atoms with E-state index < -0.39 is 0 Å². The summed E-state index contributed by atoms with van der Waals surface area (Å²) in [5, 5.41) is 0. The topological polar surface area (TPSA) is 38.5 Å². The summed E-state index contributed by atoms with van der Waals surface area (Å²) >= 11 is 0. The second kappa shape index (κ2) is 6.38. The number of hydrogen-bond donors (Lipinski definition) is 1. The monoisotopic (exact) mass is 222 g/mol. The summed E-state index contributed by atoms with van der Waals surface area (Å²) in [5.74, 6) is 0.920. The van der Waals surface area contributed by atoms with Gasteiger partial charge in [-0.2, -0.15) is 0 Å². The maximum absolute atomic E-state index is 5.80. The first kappa shape index (κ1) is 12.8. The van der Waals surface area contributed by atoms with Gasteiger partial charge in [0.15, 0.2) is 0 Å². The molecule has 0 heterocycles. The Bertz CT molecular complexity index is 326. The van der Waals surface area contributed by atoms with Crippen LogP contribution in [-0.4, -0.2) is 25.1 Å². The average molecular weight is 222 g/mol. The van der Waals surface area contributed by atoms with Crippen LogP contribution in [0.15, 0.2) is 18.2 Å². The molecule has 0 aliphatic heterocycles. The third-order valence-electron chi connectivity index (χ3n) is 2.69. The van der Waals surface area contributed by atoms with E-state index in [-0.39, 0.29) is 0 Å². The first-order chi connectivity index (χ1) is 7.71. The molecule has 0 saturated carbocycles. The van der Waals surface area contributed by atoms with E-state index in [2.05, 4.69) is 18.7 Å². The molecule has 0 saturated heterocycles. The van der Waals surface area contributed by atoms with Crippen LogP contribution in [0.25, 0.3) is 0 Å². The number of rotatable bonds is 6. The Balaban J connectivity index is 2.80. The van der Waals surface area contributed by atoms with Gasteiger partial charge in [-0.15, -0.1) is 0 Å². The second-order valence-electron chi connectivity index (χ2n) is 3.94. The van der Waals surface area contributed by atoms with E-state index in [1.807, 2.05) is 18.2 Å². The van der Waals surface area contributed by atoms with Gasteiger partial charge in [-0.05, 0) is 37.7 Å². The molecule has 90 valence electrons. The Morgan fingerprint density at radius 2 is 2.06 bits per heavy atom. The standard InChI is InChI=1S/C13H22N2O/c1-4-8-15(5-2)10-11-9-12(14)6-7-13(11)16-3/h6-7,9H,4-5,8,10,14H2,1-3H3. The summed E-state index contributed by atoms with van der Waals surface area (Å²) in [6, 6.07) is 5.81. The number of ether oxygens (including phenoxy) is 1. The van der Waals surface area contributed by atoms with Crippen LogP contribution in [0.5, 0.6) is 5.75 Å². The lowest BCUT2D eigenvalue weighted by atomic mass is 10.1. The molecule has 1 rings (SSSR count). The summed E-state index contributed by atoms with van der Waals surface area (Å²) in [4.78, 5) is 2.39. The van der Waals surface area contributed by atoms with E-state index >= 15 is 0 Å². The molecule has 2 N–H and O–H groups in total. The molecular formula is C13H22N2O. The Kier molecular flexibility index (Phi) is 5.12.